The Labute approximate surface area is 293 Å². The highest BCUT2D eigenvalue weighted by Crippen LogP contribution is 2.67. The number of esters is 1. The van der Waals surface area contributed by atoms with Crippen LogP contribution >= 0.6 is 0 Å². The van der Waals surface area contributed by atoms with E-state index in [-0.39, 0.29) is 12.1 Å². The fraction of sp³-hybridized carbons (Fsp3) is 0.933. The fourth-order valence-corrected chi connectivity index (χ4v) is 11.6. The van der Waals surface area contributed by atoms with Crippen LogP contribution in [0.25, 0.3) is 0 Å². The van der Waals surface area contributed by atoms with Crippen molar-refractivity contribution in [2.45, 2.75) is 215 Å². The van der Waals surface area contributed by atoms with Gasteiger partial charge in [-0.2, -0.15) is 0 Å². The van der Waals surface area contributed by atoms with E-state index in [9.17, 15) is 4.79 Å². The third-order valence-corrected chi connectivity index (χ3v) is 14.5. The smallest absolute Gasteiger partial charge is 0.306 e. The van der Waals surface area contributed by atoms with Crippen molar-refractivity contribution in [2.24, 2.45) is 52.3 Å². The van der Waals surface area contributed by atoms with Crippen molar-refractivity contribution in [1.29, 1.82) is 0 Å². The van der Waals surface area contributed by atoms with E-state index < -0.39 is 0 Å². The minimum atomic E-state index is 0.0641. The van der Waals surface area contributed by atoms with Crippen LogP contribution in [0, 0.1) is 52.3 Å². The van der Waals surface area contributed by atoms with E-state index in [1.165, 1.54) is 135 Å². The van der Waals surface area contributed by atoms with Gasteiger partial charge in [0.05, 0.1) is 0 Å². The van der Waals surface area contributed by atoms with Crippen LogP contribution in [0.15, 0.2) is 11.6 Å². The van der Waals surface area contributed by atoms with Crippen molar-refractivity contribution in [3.63, 3.8) is 0 Å². The molecule has 0 amide bonds. The second kappa shape index (κ2) is 19.0. The van der Waals surface area contributed by atoms with Crippen molar-refractivity contribution < 1.29 is 9.53 Å². The fourth-order valence-electron chi connectivity index (χ4n) is 11.6. The molecule has 47 heavy (non-hydrogen) atoms. The van der Waals surface area contributed by atoms with Crippen LogP contribution < -0.4 is 0 Å². The molecule has 272 valence electrons. The lowest BCUT2D eigenvalue weighted by Gasteiger charge is -2.58. The number of unbranched alkanes of at least 4 members (excludes halogenated alkanes) is 11. The van der Waals surface area contributed by atoms with E-state index >= 15 is 0 Å². The van der Waals surface area contributed by atoms with Crippen molar-refractivity contribution in [3.8, 4) is 0 Å². The Kier molecular flexibility index (Phi) is 15.8. The zero-order chi connectivity index (χ0) is 33.9. The summed E-state index contributed by atoms with van der Waals surface area (Å²) in [4.78, 5) is 12.8. The van der Waals surface area contributed by atoms with E-state index in [2.05, 4.69) is 54.5 Å². The number of fused-ring (bicyclic) bond motifs is 5. The highest BCUT2D eigenvalue weighted by Gasteiger charge is 2.59. The number of carbonyl (C=O) groups is 1. The molecule has 0 unspecified atom stereocenters. The molecule has 4 aliphatic carbocycles. The van der Waals surface area contributed by atoms with Gasteiger partial charge < -0.3 is 4.74 Å². The molecule has 0 saturated heterocycles. The molecule has 0 aromatic rings. The van der Waals surface area contributed by atoms with Gasteiger partial charge in [0.25, 0.3) is 0 Å². The maximum atomic E-state index is 12.8. The first-order valence-electron chi connectivity index (χ1n) is 21.4. The monoisotopic (exact) mass is 653 g/mol. The summed E-state index contributed by atoms with van der Waals surface area (Å²) < 4.78 is 6.13. The predicted octanol–water partition coefficient (Wildman–Crippen LogP) is 14.1. The molecule has 0 bridgehead atoms. The molecule has 0 radical (unpaired) electrons. The van der Waals surface area contributed by atoms with Crippen molar-refractivity contribution in [2.75, 3.05) is 0 Å². The minimum Gasteiger partial charge on any atom is -0.462 e. The van der Waals surface area contributed by atoms with Crippen LogP contribution in [0.5, 0.6) is 0 Å². The van der Waals surface area contributed by atoms with E-state index in [1.54, 1.807) is 5.57 Å². The summed E-state index contributed by atoms with van der Waals surface area (Å²) in [6.07, 6.45) is 35.5. The largest absolute Gasteiger partial charge is 0.462 e. The summed E-state index contributed by atoms with van der Waals surface area (Å²) in [5.41, 5.74) is 2.54. The highest BCUT2D eigenvalue weighted by atomic mass is 16.5. The van der Waals surface area contributed by atoms with Crippen LogP contribution in [-0.4, -0.2) is 12.1 Å². The molecule has 3 saturated carbocycles. The van der Waals surface area contributed by atoms with Gasteiger partial charge in [-0.3, -0.25) is 4.79 Å². The van der Waals surface area contributed by atoms with Crippen LogP contribution in [0.4, 0.5) is 0 Å². The summed E-state index contributed by atoms with van der Waals surface area (Å²) in [7, 11) is 0. The van der Waals surface area contributed by atoms with Gasteiger partial charge >= 0.3 is 5.97 Å². The molecular formula is C45H80O2. The molecule has 0 aromatic heterocycles. The number of ether oxygens (including phenoxy) is 1. The number of carbonyl (C=O) groups excluding carboxylic acids is 1. The third-order valence-electron chi connectivity index (χ3n) is 14.5. The second-order valence-electron chi connectivity index (χ2n) is 18.8. The summed E-state index contributed by atoms with van der Waals surface area (Å²) in [5, 5.41) is 0. The SMILES string of the molecule is CC(C)CCCCCCCCCCCCCCC(=O)O[C@@H]1CC[C@@]2(C)C(=CC[C@H]3[C@H]4CC[C@H]([C@H](C)CCCC(C)C)[C@@]4(C)CC[C@H]32)C1. The maximum absolute atomic E-state index is 12.8. The first-order valence-corrected chi connectivity index (χ1v) is 21.4. The van der Waals surface area contributed by atoms with Crippen LogP contribution in [0.1, 0.15) is 209 Å². The molecule has 2 heteroatoms. The van der Waals surface area contributed by atoms with Crippen LogP contribution in [0.2, 0.25) is 0 Å². The van der Waals surface area contributed by atoms with Gasteiger partial charge in [-0.1, -0.05) is 156 Å². The Hall–Kier alpha value is -0.790. The molecule has 4 rings (SSSR count). The lowest BCUT2D eigenvalue weighted by atomic mass is 9.47. The highest BCUT2D eigenvalue weighted by molar-refractivity contribution is 5.69. The third kappa shape index (κ3) is 10.8. The average molecular weight is 653 g/mol. The molecule has 0 aliphatic heterocycles. The standard InChI is InChI=1S/C45H80O2/c1-34(2)21-18-16-14-12-10-8-9-11-13-15-17-19-24-43(46)47-38-29-31-44(6)37(33-38)25-26-39-41-28-27-40(36(5)23-20-22-35(3)4)45(41,7)32-30-42(39)44/h25,34-36,38-42H,8-24,26-33H2,1-7H3/t36-,38-,39+,40-,41-,42-,44+,45-/m1/s1. The van der Waals surface area contributed by atoms with Crippen molar-refractivity contribution in [1.82, 2.24) is 0 Å². The topological polar surface area (TPSA) is 26.3 Å². The molecule has 4 aliphatic rings. The molecular weight excluding hydrogens is 572 g/mol. The molecule has 0 aromatic carbocycles. The van der Waals surface area contributed by atoms with E-state index in [0.717, 1.165) is 60.7 Å². The number of hydrogen-bond donors (Lipinski definition) is 0. The first kappa shape index (κ1) is 39.0. The van der Waals surface area contributed by atoms with Crippen LogP contribution in [-0.2, 0) is 9.53 Å². The summed E-state index contributed by atoms with van der Waals surface area (Å²) in [6, 6.07) is 0. The van der Waals surface area contributed by atoms with Gasteiger partial charge in [0.1, 0.15) is 6.10 Å². The Morgan fingerprint density at radius 1 is 0.702 bits per heavy atom. The van der Waals surface area contributed by atoms with E-state index in [4.69, 9.17) is 4.74 Å². The maximum Gasteiger partial charge on any atom is 0.306 e. The lowest BCUT2D eigenvalue weighted by molar-refractivity contribution is -0.151. The van der Waals surface area contributed by atoms with Gasteiger partial charge in [0, 0.05) is 12.8 Å². The Balaban J connectivity index is 1.11. The number of rotatable bonds is 21. The number of allylic oxidation sites excluding steroid dienone is 1. The predicted molar refractivity (Wildman–Crippen MR) is 202 cm³/mol. The van der Waals surface area contributed by atoms with Gasteiger partial charge in [-0.05, 0) is 104 Å². The molecule has 0 heterocycles. The van der Waals surface area contributed by atoms with E-state index in [1.807, 2.05) is 0 Å². The van der Waals surface area contributed by atoms with Gasteiger partial charge in [0.2, 0.25) is 0 Å². The molecule has 0 N–H and O–H groups in total. The zero-order valence-electron chi connectivity index (χ0n) is 32.7. The van der Waals surface area contributed by atoms with Crippen LogP contribution in [0.3, 0.4) is 0 Å². The van der Waals surface area contributed by atoms with Crippen molar-refractivity contribution >= 4 is 5.97 Å². The second-order valence-corrected chi connectivity index (χ2v) is 18.8. The van der Waals surface area contributed by atoms with E-state index in [0.29, 0.717) is 17.3 Å². The molecule has 0 spiro atoms. The van der Waals surface area contributed by atoms with Gasteiger partial charge in [-0.15, -0.1) is 0 Å². The van der Waals surface area contributed by atoms with Gasteiger partial charge in [0.15, 0.2) is 0 Å². The molecule has 8 atom stereocenters. The lowest BCUT2D eigenvalue weighted by Crippen LogP contribution is -2.51. The molecule has 2 nitrogen and oxygen atoms in total. The minimum absolute atomic E-state index is 0.0641. The summed E-state index contributed by atoms with van der Waals surface area (Å²) in [5.74, 6) is 6.20. The van der Waals surface area contributed by atoms with Crippen molar-refractivity contribution in [3.05, 3.63) is 11.6 Å². The summed E-state index contributed by atoms with van der Waals surface area (Å²) >= 11 is 0. The zero-order valence-corrected chi connectivity index (χ0v) is 32.7. The normalized spacial score (nSPS) is 32.5. The Morgan fingerprint density at radius 2 is 1.30 bits per heavy atom. The number of hydrogen-bond acceptors (Lipinski definition) is 2. The quantitative estimate of drug-likeness (QED) is 0.0700. The average Bonchev–Trinajstić information content (AvgIpc) is 3.38. The van der Waals surface area contributed by atoms with Gasteiger partial charge in [-0.25, -0.2) is 0 Å². The summed E-state index contributed by atoms with van der Waals surface area (Å²) in [6.45, 7) is 17.3. The Morgan fingerprint density at radius 3 is 1.94 bits per heavy atom. The Bertz CT molecular complexity index is 948. The molecule has 3 fully saturated rings. The first-order chi connectivity index (χ1) is 22.5.